The molecule has 13 rings (SSSR count). The normalized spacial score (nSPS) is 11.1. The fraction of sp³-hybridized carbons (Fsp3) is 0.0274. The van der Waals surface area contributed by atoms with Crippen molar-refractivity contribution in [2.24, 2.45) is 0 Å². The van der Waals surface area contributed by atoms with Crippen LogP contribution in [0.3, 0.4) is 0 Å². The van der Waals surface area contributed by atoms with Crippen molar-refractivity contribution in [1.82, 2.24) is 15.0 Å². The zero-order chi connectivity index (χ0) is 51.0. The van der Waals surface area contributed by atoms with E-state index >= 15 is 0 Å². The minimum Gasteiger partial charge on any atom is -0.305 e. The first-order chi connectivity index (χ1) is 37.5. The van der Waals surface area contributed by atoms with Gasteiger partial charge in [-0.2, -0.15) is 0 Å². The molecule has 0 aliphatic carbocycles. The van der Waals surface area contributed by atoms with E-state index in [4.69, 9.17) is 4.98 Å². The fourth-order valence-electron chi connectivity index (χ4n) is 10.6. The smallest absolute Gasteiger partial charge is 0.305 e. The summed E-state index contributed by atoms with van der Waals surface area (Å²) in [6.07, 6.45) is 5.67. The van der Waals surface area contributed by atoms with Crippen LogP contribution in [0.15, 0.2) is 255 Å². The largest absolute Gasteiger partial charge is 3.00 e. The summed E-state index contributed by atoms with van der Waals surface area (Å²) in [6.45, 7) is 4.15. The molecule has 0 radical (unpaired) electrons. The van der Waals surface area contributed by atoms with E-state index in [-0.39, 0.29) is 20.1 Å². The predicted molar refractivity (Wildman–Crippen MR) is 315 cm³/mol. The van der Waals surface area contributed by atoms with Gasteiger partial charge in [0.05, 0.1) is 0 Å². The van der Waals surface area contributed by atoms with Crippen molar-refractivity contribution in [3.63, 3.8) is 0 Å². The zero-order valence-corrected chi connectivity index (χ0v) is 44.8. The molecular formula is C73H48IrN3. The molecule has 4 heteroatoms. The van der Waals surface area contributed by atoms with Gasteiger partial charge < -0.3 is 15.0 Å². The van der Waals surface area contributed by atoms with Gasteiger partial charge in [-0.05, 0) is 139 Å². The van der Waals surface area contributed by atoms with Crippen molar-refractivity contribution in [2.45, 2.75) is 13.8 Å². The van der Waals surface area contributed by atoms with Crippen LogP contribution < -0.4 is 0 Å². The minimum absolute atomic E-state index is 0. The molecule has 0 aliphatic heterocycles. The van der Waals surface area contributed by atoms with Gasteiger partial charge in [-0.1, -0.05) is 185 Å². The van der Waals surface area contributed by atoms with E-state index in [1.165, 1.54) is 27.1 Å². The SMILES string of the molecule is Cc1ccc(-c2[c-]cc(-c3ccccc3-c3cc(-c4ccccc4-c4c[c-]c(-c5cc(C)ccn5)cc4)cc(-c4ccccc4-c4c[c-]c(-c5cc(-c6ccc7c(ccc8ccccc87)c6)ccn5)cc4)c3)cc2)nc1.[Ir+3]. The molecule has 0 fully saturated rings. The fourth-order valence-corrected chi connectivity index (χ4v) is 10.6. The molecule has 3 nitrogen and oxygen atoms in total. The summed E-state index contributed by atoms with van der Waals surface area (Å²) in [7, 11) is 0. The summed E-state index contributed by atoms with van der Waals surface area (Å²) >= 11 is 0. The van der Waals surface area contributed by atoms with E-state index in [1.54, 1.807) is 0 Å². The molecule has 0 spiro atoms. The van der Waals surface area contributed by atoms with Gasteiger partial charge in [-0.15, -0.1) is 89.5 Å². The van der Waals surface area contributed by atoms with Gasteiger partial charge in [0.2, 0.25) is 0 Å². The number of benzene rings is 10. The van der Waals surface area contributed by atoms with Gasteiger partial charge in [0, 0.05) is 18.6 Å². The molecule has 77 heavy (non-hydrogen) atoms. The standard InChI is InChI=1S/C73H48N3.Ir/c1-48-37-39-74-72(41-48)55-29-22-52(23-30-55)65-14-6-9-17-68(65)61-43-60(67-16-8-5-13-64(67)51-20-27-54(28-21-51)71-36-19-49(2)47-76-71)44-62(45-61)69-18-10-7-15-66(69)53-24-31-56(32-25-53)73-46-58(38-40-75-73)57-34-35-70-59(42-57)33-26-50-11-3-4-12-63(50)70;/h3-27,29,31,33-47H,1-2H3;/q-3;+3. The molecule has 0 bridgehead atoms. The number of hydrogen-bond donors (Lipinski definition) is 0. The first-order valence-corrected chi connectivity index (χ1v) is 25.7. The topological polar surface area (TPSA) is 38.7 Å². The Morgan fingerprint density at radius 2 is 0.727 bits per heavy atom. The Morgan fingerprint density at radius 1 is 0.286 bits per heavy atom. The number of aromatic nitrogens is 3. The number of hydrogen-bond acceptors (Lipinski definition) is 3. The molecule has 0 amide bonds. The van der Waals surface area contributed by atoms with Crippen LogP contribution in [0.1, 0.15) is 11.1 Å². The molecular weight excluding hydrogens is 1110 g/mol. The summed E-state index contributed by atoms with van der Waals surface area (Å²) in [5.41, 5.74) is 23.4. The number of fused-ring (bicyclic) bond motifs is 3. The van der Waals surface area contributed by atoms with Crippen LogP contribution in [-0.2, 0) is 20.1 Å². The number of nitrogens with zero attached hydrogens (tertiary/aromatic N) is 3. The quantitative estimate of drug-likeness (QED) is 0.101. The van der Waals surface area contributed by atoms with E-state index in [1.807, 2.05) is 24.7 Å². The van der Waals surface area contributed by atoms with Gasteiger partial charge in [-0.3, -0.25) is 0 Å². The average Bonchev–Trinajstić information content (AvgIpc) is 3.51. The van der Waals surface area contributed by atoms with Crippen molar-refractivity contribution in [3.8, 4) is 112 Å². The number of aryl methyl sites for hydroxylation is 2. The van der Waals surface area contributed by atoms with Gasteiger partial charge >= 0.3 is 20.1 Å². The number of pyridine rings is 3. The van der Waals surface area contributed by atoms with Crippen molar-refractivity contribution in [1.29, 1.82) is 0 Å². The first kappa shape index (κ1) is 48.7. The third-order valence-electron chi connectivity index (χ3n) is 14.5. The van der Waals surface area contributed by atoms with Crippen molar-refractivity contribution >= 4 is 21.5 Å². The van der Waals surface area contributed by atoms with Crippen molar-refractivity contribution < 1.29 is 20.1 Å². The Balaban J connectivity index is 0.00000596. The van der Waals surface area contributed by atoms with Crippen LogP contribution in [0.25, 0.3) is 133 Å². The van der Waals surface area contributed by atoms with Crippen LogP contribution in [0, 0.1) is 32.0 Å². The molecule has 10 aromatic carbocycles. The maximum atomic E-state index is 4.84. The summed E-state index contributed by atoms with van der Waals surface area (Å²) in [5.74, 6) is 0. The molecule has 0 saturated heterocycles. The third-order valence-corrected chi connectivity index (χ3v) is 14.5. The minimum atomic E-state index is 0. The molecule has 3 heterocycles. The Labute approximate surface area is 463 Å². The Bertz CT molecular complexity index is 4280. The molecule has 0 saturated carbocycles. The monoisotopic (exact) mass is 1160 g/mol. The molecule has 13 aromatic rings. The molecule has 364 valence electrons. The van der Waals surface area contributed by atoms with Gasteiger partial charge in [0.25, 0.3) is 0 Å². The predicted octanol–water partition coefficient (Wildman–Crippen LogP) is 18.9. The Morgan fingerprint density at radius 3 is 1.23 bits per heavy atom. The van der Waals surface area contributed by atoms with Crippen LogP contribution >= 0.6 is 0 Å². The van der Waals surface area contributed by atoms with Gasteiger partial charge in [0.15, 0.2) is 0 Å². The molecule has 0 atom stereocenters. The first-order valence-electron chi connectivity index (χ1n) is 25.7. The van der Waals surface area contributed by atoms with Crippen LogP contribution in [0.5, 0.6) is 0 Å². The van der Waals surface area contributed by atoms with Crippen LogP contribution in [-0.4, -0.2) is 15.0 Å². The third kappa shape index (κ3) is 9.85. The number of rotatable bonds is 10. The second-order valence-corrected chi connectivity index (χ2v) is 19.5. The van der Waals surface area contributed by atoms with Gasteiger partial charge in [0.1, 0.15) is 0 Å². The summed E-state index contributed by atoms with van der Waals surface area (Å²) < 4.78 is 0. The van der Waals surface area contributed by atoms with E-state index < -0.39 is 0 Å². The van der Waals surface area contributed by atoms with Crippen molar-refractivity contribution in [2.75, 3.05) is 0 Å². The van der Waals surface area contributed by atoms with E-state index in [9.17, 15) is 0 Å². The summed E-state index contributed by atoms with van der Waals surface area (Å²) in [6, 6.07) is 95.4. The average molecular weight is 1160 g/mol. The summed E-state index contributed by atoms with van der Waals surface area (Å²) in [5, 5.41) is 4.99. The molecule has 0 N–H and O–H groups in total. The maximum Gasteiger partial charge on any atom is 3.00 e. The molecule has 3 aromatic heterocycles. The Hall–Kier alpha value is -9.18. The van der Waals surface area contributed by atoms with Gasteiger partial charge in [-0.25, -0.2) is 0 Å². The van der Waals surface area contributed by atoms with Crippen LogP contribution in [0.4, 0.5) is 0 Å². The van der Waals surface area contributed by atoms with Crippen molar-refractivity contribution in [3.05, 3.63) is 285 Å². The van der Waals surface area contributed by atoms with E-state index in [2.05, 4.69) is 273 Å². The zero-order valence-electron chi connectivity index (χ0n) is 42.4. The molecule has 0 unspecified atom stereocenters. The Kier molecular flexibility index (Phi) is 13.4. The molecule has 0 aliphatic rings. The van der Waals surface area contributed by atoms with E-state index in [0.717, 1.165) is 117 Å². The second-order valence-electron chi connectivity index (χ2n) is 19.5. The van der Waals surface area contributed by atoms with Crippen LogP contribution in [0.2, 0.25) is 0 Å². The maximum absolute atomic E-state index is 4.84. The summed E-state index contributed by atoms with van der Waals surface area (Å²) in [4.78, 5) is 14.2. The second kappa shape index (κ2) is 21.2. The van der Waals surface area contributed by atoms with E-state index in [0.29, 0.717) is 0 Å².